The summed E-state index contributed by atoms with van der Waals surface area (Å²) in [5.74, 6) is -1.88. The van der Waals surface area contributed by atoms with E-state index in [4.69, 9.17) is 11.6 Å². The average Bonchev–Trinajstić information content (AvgIpc) is 3.36. The number of pyridine rings is 1. The van der Waals surface area contributed by atoms with Gasteiger partial charge in [0, 0.05) is 41.9 Å². The van der Waals surface area contributed by atoms with Gasteiger partial charge in [0.25, 0.3) is 0 Å². The number of hydrogen-bond acceptors (Lipinski definition) is 4. The molecule has 0 spiro atoms. The van der Waals surface area contributed by atoms with Crippen LogP contribution >= 0.6 is 11.6 Å². The molecule has 2 amide bonds. The van der Waals surface area contributed by atoms with Crippen LogP contribution in [-0.2, 0) is 22.7 Å². The van der Waals surface area contributed by atoms with Crippen LogP contribution < -0.4 is 5.32 Å². The second kappa shape index (κ2) is 9.27. The predicted octanol–water partition coefficient (Wildman–Crippen LogP) is 3.29. The van der Waals surface area contributed by atoms with Gasteiger partial charge < -0.3 is 14.8 Å². The monoisotopic (exact) mass is 474 g/mol. The van der Waals surface area contributed by atoms with Gasteiger partial charge in [0.15, 0.2) is 5.78 Å². The molecular weight excluding hydrogens is 454 g/mol. The molecule has 0 bridgehead atoms. The summed E-state index contributed by atoms with van der Waals surface area (Å²) in [5, 5.41) is 3.11. The molecular formula is C23H21ClF2N4O3. The first-order valence-corrected chi connectivity index (χ1v) is 10.7. The van der Waals surface area contributed by atoms with Crippen LogP contribution in [0.25, 0.3) is 11.0 Å². The van der Waals surface area contributed by atoms with Crippen molar-refractivity contribution in [1.29, 1.82) is 0 Å². The van der Waals surface area contributed by atoms with Gasteiger partial charge in [0.05, 0.1) is 11.6 Å². The number of likely N-dealkylation sites (tertiary alicyclic amines) is 1. The summed E-state index contributed by atoms with van der Waals surface area (Å²) in [6.07, 6.45) is 1.57. The van der Waals surface area contributed by atoms with E-state index in [0.717, 1.165) is 0 Å². The zero-order valence-electron chi connectivity index (χ0n) is 17.7. The molecule has 4 rings (SSSR count). The quantitative estimate of drug-likeness (QED) is 0.556. The number of fused-ring (bicyclic) bond motifs is 1. The van der Waals surface area contributed by atoms with Gasteiger partial charge in [0.2, 0.25) is 11.8 Å². The minimum Gasteiger partial charge on any atom is -0.350 e. The maximum absolute atomic E-state index is 14.2. The number of rotatable bonds is 6. The molecule has 0 unspecified atom stereocenters. The van der Waals surface area contributed by atoms with Gasteiger partial charge in [-0.05, 0) is 25.1 Å². The van der Waals surface area contributed by atoms with Gasteiger partial charge in [-0.3, -0.25) is 14.4 Å². The van der Waals surface area contributed by atoms with E-state index in [1.165, 1.54) is 34.7 Å². The number of hydrogen-bond donors (Lipinski definition) is 1. The smallest absolute Gasteiger partial charge is 0.243 e. The Kier molecular flexibility index (Phi) is 6.42. The lowest BCUT2D eigenvalue weighted by Gasteiger charge is -2.24. The molecule has 1 saturated heterocycles. The fraction of sp³-hybridized carbons (Fsp3) is 0.304. The first kappa shape index (κ1) is 22.8. The van der Waals surface area contributed by atoms with Gasteiger partial charge in [-0.15, -0.1) is 0 Å². The van der Waals surface area contributed by atoms with E-state index in [2.05, 4.69) is 10.3 Å². The molecule has 1 aliphatic heterocycles. The highest BCUT2D eigenvalue weighted by atomic mass is 35.5. The largest absolute Gasteiger partial charge is 0.350 e. The van der Waals surface area contributed by atoms with E-state index in [9.17, 15) is 23.2 Å². The average molecular weight is 475 g/mol. The number of ketones is 1. The molecule has 1 fully saturated rings. The number of carbonyl (C=O) groups is 3. The molecule has 1 N–H and O–H groups in total. The van der Waals surface area contributed by atoms with Crippen molar-refractivity contribution in [2.45, 2.75) is 38.6 Å². The maximum Gasteiger partial charge on any atom is 0.243 e. The number of Topliss-reactive ketones (excluding diaryl/α,β-unsaturated/α-hetero) is 1. The Labute approximate surface area is 193 Å². The topological polar surface area (TPSA) is 84.3 Å². The first-order chi connectivity index (χ1) is 15.8. The van der Waals surface area contributed by atoms with Crippen molar-refractivity contribution >= 4 is 40.2 Å². The zero-order chi connectivity index (χ0) is 23.7. The van der Waals surface area contributed by atoms with Gasteiger partial charge in [-0.25, -0.2) is 13.8 Å². The lowest BCUT2D eigenvalue weighted by molar-refractivity contribution is -0.139. The normalized spacial score (nSPS) is 18.0. The standard InChI is InChI=1S/C23H21ClF2N4O3/c1-13(31)17-11-29(22-16(17)5-3-7-27-22)12-20(32)30-10-15(25)8-19(30)23(33)28-9-14-4-2-6-18(24)21(14)26/h2-7,11,15,19H,8-10,12H2,1H3,(H,28,33)/t15-,19+/m1/s1. The van der Waals surface area contributed by atoms with Crippen molar-refractivity contribution < 1.29 is 23.2 Å². The second-order valence-electron chi connectivity index (χ2n) is 7.93. The molecule has 3 heterocycles. The molecule has 1 aliphatic rings. The molecule has 33 heavy (non-hydrogen) atoms. The number of amides is 2. The van der Waals surface area contributed by atoms with Gasteiger partial charge in [0.1, 0.15) is 30.2 Å². The Morgan fingerprint density at radius 1 is 1.24 bits per heavy atom. The summed E-state index contributed by atoms with van der Waals surface area (Å²) in [6, 6.07) is 6.83. The van der Waals surface area contributed by atoms with Crippen LogP contribution in [-0.4, -0.2) is 50.8 Å². The van der Waals surface area contributed by atoms with E-state index in [0.29, 0.717) is 16.6 Å². The van der Waals surface area contributed by atoms with Gasteiger partial charge in [-0.2, -0.15) is 0 Å². The number of halogens is 3. The SMILES string of the molecule is CC(=O)c1cn(CC(=O)N2C[C@H](F)C[C@H]2C(=O)NCc2cccc(Cl)c2F)c2ncccc12. The number of aromatic nitrogens is 2. The predicted molar refractivity (Wildman–Crippen MR) is 118 cm³/mol. The summed E-state index contributed by atoms with van der Waals surface area (Å²) in [4.78, 5) is 43.2. The molecule has 172 valence electrons. The van der Waals surface area contributed by atoms with Crippen LogP contribution in [0.3, 0.4) is 0 Å². The van der Waals surface area contributed by atoms with E-state index in [1.54, 1.807) is 24.4 Å². The van der Waals surface area contributed by atoms with Gasteiger partial charge in [-0.1, -0.05) is 23.7 Å². The highest BCUT2D eigenvalue weighted by molar-refractivity contribution is 6.30. The van der Waals surface area contributed by atoms with Crippen LogP contribution in [0, 0.1) is 5.82 Å². The van der Waals surface area contributed by atoms with Crippen LogP contribution in [0.5, 0.6) is 0 Å². The summed E-state index contributed by atoms with van der Waals surface area (Å²) >= 11 is 5.76. The third-order valence-electron chi connectivity index (χ3n) is 5.68. The Morgan fingerprint density at radius 3 is 2.79 bits per heavy atom. The van der Waals surface area contributed by atoms with Gasteiger partial charge >= 0.3 is 0 Å². The molecule has 3 aromatic rings. The van der Waals surface area contributed by atoms with Crippen molar-refractivity contribution in [1.82, 2.24) is 19.8 Å². The van der Waals surface area contributed by atoms with Crippen molar-refractivity contribution in [2.24, 2.45) is 0 Å². The van der Waals surface area contributed by atoms with Crippen LogP contribution in [0.1, 0.15) is 29.3 Å². The number of alkyl halides is 1. The van der Waals surface area contributed by atoms with Crippen LogP contribution in [0.15, 0.2) is 42.7 Å². The molecule has 7 nitrogen and oxygen atoms in total. The highest BCUT2D eigenvalue weighted by Gasteiger charge is 2.39. The fourth-order valence-electron chi connectivity index (χ4n) is 4.05. The Bertz CT molecular complexity index is 1250. The minimum atomic E-state index is -1.36. The van der Waals surface area contributed by atoms with E-state index < -0.39 is 29.8 Å². The third kappa shape index (κ3) is 4.59. The Balaban J connectivity index is 1.50. The Hall–Kier alpha value is -3.33. The van der Waals surface area contributed by atoms with Crippen molar-refractivity contribution in [3.05, 3.63) is 64.7 Å². The second-order valence-corrected chi connectivity index (χ2v) is 8.33. The molecule has 0 radical (unpaired) electrons. The molecule has 2 atom stereocenters. The molecule has 1 aromatic carbocycles. The van der Waals surface area contributed by atoms with Crippen molar-refractivity contribution in [2.75, 3.05) is 6.54 Å². The van der Waals surface area contributed by atoms with E-state index in [1.807, 2.05) is 0 Å². The van der Waals surface area contributed by atoms with Crippen LogP contribution in [0.4, 0.5) is 8.78 Å². The zero-order valence-corrected chi connectivity index (χ0v) is 18.5. The molecule has 0 aliphatic carbocycles. The number of nitrogens with zero attached hydrogens (tertiary/aromatic N) is 3. The molecule has 10 heteroatoms. The van der Waals surface area contributed by atoms with E-state index in [-0.39, 0.29) is 42.4 Å². The molecule has 0 saturated carbocycles. The third-order valence-corrected chi connectivity index (χ3v) is 5.97. The summed E-state index contributed by atoms with van der Waals surface area (Å²) < 4.78 is 29.8. The lowest BCUT2D eigenvalue weighted by atomic mass is 10.1. The van der Waals surface area contributed by atoms with Crippen LogP contribution in [0.2, 0.25) is 5.02 Å². The van der Waals surface area contributed by atoms with E-state index >= 15 is 0 Å². The fourth-order valence-corrected chi connectivity index (χ4v) is 4.25. The summed E-state index contributed by atoms with van der Waals surface area (Å²) in [7, 11) is 0. The Morgan fingerprint density at radius 2 is 2.03 bits per heavy atom. The lowest BCUT2D eigenvalue weighted by Crippen LogP contribution is -2.46. The van der Waals surface area contributed by atoms with Crippen molar-refractivity contribution in [3.8, 4) is 0 Å². The first-order valence-electron chi connectivity index (χ1n) is 10.3. The number of carbonyl (C=O) groups excluding carboxylic acids is 3. The highest BCUT2D eigenvalue weighted by Crippen LogP contribution is 2.24. The summed E-state index contributed by atoms with van der Waals surface area (Å²) in [6.45, 7) is 0.842. The number of benzene rings is 1. The summed E-state index contributed by atoms with van der Waals surface area (Å²) in [5.41, 5.74) is 1.06. The maximum atomic E-state index is 14.2. The number of nitrogens with one attached hydrogen (secondary N) is 1. The van der Waals surface area contributed by atoms with Crippen molar-refractivity contribution in [3.63, 3.8) is 0 Å². The minimum absolute atomic E-state index is 0.0688. The molecule has 2 aromatic heterocycles.